The average molecular weight is 239 g/mol. The molecule has 0 radical (unpaired) electrons. The van der Waals surface area contributed by atoms with Gasteiger partial charge in [0, 0.05) is 5.92 Å². The molecular formula is C13H26BNO2. The van der Waals surface area contributed by atoms with Crippen LogP contribution in [0.3, 0.4) is 0 Å². The number of hydrogen-bond acceptors (Lipinski definition) is 2. The summed E-state index contributed by atoms with van der Waals surface area (Å²) in [5.74, 6) is 0.162. The van der Waals surface area contributed by atoms with E-state index in [1.54, 1.807) is 0 Å². The number of primary amides is 1. The molecule has 0 aromatic rings. The fourth-order valence-corrected chi connectivity index (χ4v) is 3.29. The summed E-state index contributed by atoms with van der Waals surface area (Å²) in [6.45, 7) is 6.17. The number of carbonyl (C=O) groups excluding carboxylic acids is 1. The maximum Gasteiger partial charge on any atom is 0.289 e. The molecule has 0 bridgehead atoms. The van der Waals surface area contributed by atoms with Crippen LogP contribution in [-0.4, -0.2) is 17.8 Å². The van der Waals surface area contributed by atoms with Crippen LogP contribution in [0.4, 0.5) is 0 Å². The molecule has 3 N–H and O–H groups in total. The van der Waals surface area contributed by atoms with Crippen molar-refractivity contribution in [1.82, 2.24) is 0 Å². The summed E-state index contributed by atoms with van der Waals surface area (Å²) in [5.41, 5.74) is 5.45. The Labute approximate surface area is 105 Å². The highest BCUT2D eigenvalue weighted by molar-refractivity contribution is 6.50. The third-order valence-corrected chi connectivity index (χ3v) is 4.52. The van der Waals surface area contributed by atoms with Crippen molar-refractivity contribution in [3.05, 3.63) is 0 Å². The largest absolute Gasteiger partial charge is 0.450 e. The summed E-state index contributed by atoms with van der Waals surface area (Å²) in [4.78, 5) is 11.6. The van der Waals surface area contributed by atoms with E-state index in [-0.39, 0.29) is 24.2 Å². The lowest BCUT2D eigenvalue weighted by atomic mass is 9.48. The van der Waals surface area contributed by atoms with Crippen molar-refractivity contribution in [2.45, 2.75) is 59.1 Å². The number of carbonyl (C=O) groups is 1. The van der Waals surface area contributed by atoms with E-state index in [4.69, 9.17) is 5.73 Å². The highest BCUT2D eigenvalue weighted by Crippen LogP contribution is 2.44. The predicted molar refractivity (Wildman–Crippen MR) is 71.7 cm³/mol. The molecule has 1 heterocycles. The van der Waals surface area contributed by atoms with Gasteiger partial charge in [-0.25, -0.2) is 0 Å². The van der Waals surface area contributed by atoms with Gasteiger partial charge in [0.25, 0.3) is 6.92 Å². The van der Waals surface area contributed by atoms with Gasteiger partial charge in [-0.15, -0.1) is 0 Å². The molecule has 1 aliphatic heterocycles. The zero-order valence-electron chi connectivity index (χ0n) is 11.4. The first-order valence-electron chi connectivity index (χ1n) is 6.87. The molecule has 1 fully saturated rings. The number of hydrogen-bond donors (Lipinski definition) is 2. The van der Waals surface area contributed by atoms with Gasteiger partial charge in [-0.05, 0) is 30.4 Å². The Bertz CT molecular complexity index is 268. The Hall–Kier alpha value is -0.505. The second-order valence-corrected chi connectivity index (χ2v) is 6.08. The molecule has 0 aromatic heterocycles. The molecule has 1 amide bonds. The fraction of sp³-hybridized carbons (Fsp3) is 0.923. The number of amides is 1. The van der Waals surface area contributed by atoms with Crippen molar-refractivity contribution in [1.29, 1.82) is 0 Å². The van der Waals surface area contributed by atoms with E-state index < -0.39 is 0 Å². The van der Waals surface area contributed by atoms with Crippen LogP contribution < -0.4 is 5.73 Å². The van der Waals surface area contributed by atoms with E-state index in [0.29, 0.717) is 5.92 Å². The van der Waals surface area contributed by atoms with E-state index >= 15 is 0 Å². The highest BCUT2D eigenvalue weighted by atomic mass is 16.2. The molecule has 4 heteroatoms. The van der Waals surface area contributed by atoms with E-state index in [2.05, 4.69) is 20.8 Å². The zero-order valence-corrected chi connectivity index (χ0v) is 11.4. The zero-order chi connectivity index (χ0) is 13.1. The monoisotopic (exact) mass is 239 g/mol. The van der Waals surface area contributed by atoms with Crippen LogP contribution in [0.5, 0.6) is 0 Å². The molecule has 0 aromatic carbocycles. The Morgan fingerprint density at radius 1 is 1.59 bits per heavy atom. The van der Waals surface area contributed by atoms with Crippen LogP contribution >= 0.6 is 0 Å². The summed E-state index contributed by atoms with van der Waals surface area (Å²) in [7, 11) is 0. The van der Waals surface area contributed by atoms with Gasteiger partial charge in [0.15, 0.2) is 0 Å². The van der Waals surface area contributed by atoms with Gasteiger partial charge < -0.3 is 10.8 Å². The van der Waals surface area contributed by atoms with Crippen LogP contribution in [0.25, 0.3) is 0 Å². The molecule has 2 atom stereocenters. The van der Waals surface area contributed by atoms with Crippen molar-refractivity contribution in [2.75, 3.05) is 0 Å². The Morgan fingerprint density at radius 2 is 2.24 bits per heavy atom. The lowest BCUT2D eigenvalue weighted by Crippen LogP contribution is -2.43. The van der Waals surface area contributed by atoms with Crippen LogP contribution in [-0.2, 0) is 4.79 Å². The Kier molecular flexibility index (Phi) is 5.05. The molecule has 98 valence electrons. The molecule has 3 nitrogen and oxygen atoms in total. The fourth-order valence-electron chi connectivity index (χ4n) is 3.29. The lowest BCUT2D eigenvalue weighted by molar-refractivity contribution is -0.127. The van der Waals surface area contributed by atoms with Gasteiger partial charge in [-0.2, -0.15) is 0 Å². The molecule has 17 heavy (non-hydrogen) atoms. The minimum Gasteiger partial charge on any atom is -0.450 e. The topological polar surface area (TPSA) is 63.3 Å². The molecule has 1 rings (SSSR count). The minimum absolute atomic E-state index is 0.0669. The molecule has 0 saturated carbocycles. The van der Waals surface area contributed by atoms with Crippen LogP contribution in [0.1, 0.15) is 46.5 Å². The number of nitrogens with two attached hydrogens (primary N) is 1. The van der Waals surface area contributed by atoms with E-state index in [0.717, 1.165) is 38.3 Å². The van der Waals surface area contributed by atoms with Crippen molar-refractivity contribution in [3.8, 4) is 0 Å². The number of rotatable bonds is 5. The van der Waals surface area contributed by atoms with Crippen molar-refractivity contribution in [2.24, 2.45) is 23.0 Å². The Morgan fingerprint density at radius 3 is 2.71 bits per heavy atom. The Balaban J connectivity index is 2.78. The predicted octanol–water partition coefficient (Wildman–Crippen LogP) is 2.31. The molecule has 2 unspecified atom stereocenters. The second-order valence-electron chi connectivity index (χ2n) is 6.08. The quantitative estimate of drug-likeness (QED) is 0.723. The van der Waals surface area contributed by atoms with E-state index in [1.807, 2.05) is 0 Å². The summed E-state index contributed by atoms with van der Waals surface area (Å²) in [6.07, 6.45) is 5.73. The highest BCUT2D eigenvalue weighted by Gasteiger charge is 2.42. The third-order valence-electron chi connectivity index (χ3n) is 4.52. The van der Waals surface area contributed by atoms with Crippen molar-refractivity contribution in [3.63, 3.8) is 0 Å². The van der Waals surface area contributed by atoms with Gasteiger partial charge in [-0.1, -0.05) is 40.0 Å². The minimum atomic E-state index is -0.192. The molecule has 1 saturated heterocycles. The van der Waals surface area contributed by atoms with E-state index in [1.165, 1.54) is 0 Å². The first-order chi connectivity index (χ1) is 7.89. The van der Waals surface area contributed by atoms with Gasteiger partial charge in [0.1, 0.15) is 0 Å². The molecule has 0 aliphatic carbocycles. The van der Waals surface area contributed by atoms with Gasteiger partial charge in [-0.3, -0.25) is 4.79 Å². The molecule has 1 aliphatic rings. The first-order valence-corrected chi connectivity index (χ1v) is 6.87. The smallest absolute Gasteiger partial charge is 0.289 e. The van der Waals surface area contributed by atoms with Crippen LogP contribution in [0, 0.1) is 17.3 Å². The standard InChI is InChI=1S/C13H26BNO2/c1-4-6-11(12(15)16)13(2,3)10-7-5-8-14(17)9-10/h10-11,17H,4-9H2,1-3H3,(H2,15,16). The van der Waals surface area contributed by atoms with Gasteiger partial charge >= 0.3 is 0 Å². The average Bonchev–Trinajstić information content (AvgIpc) is 2.25. The van der Waals surface area contributed by atoms with Gasteiger partial charge in [0.05, 0.1) is 0 Å². The van der Waals surface area contributed by atoms with E-state index in [9.17, 15) is 9.82 Å². The molecule has 0 spiro atoms. The van der Waals surface area contributed by atoms with Crippen molar-refractivity contribution < 1.29 is 9.82 Å². The SMILES string of the molecule is CCCC(C(N)=O)C(C)(C)C1CCCB(O)C1. The summed E-state index contributed by atoms with van der Waals surface area (Å²) < 4.78 is 0. The normalized spacial score (nSPS) is 23.5. The van der Waals surface area contributed by atoms with Crippen LogP contribution in [0.15, 0.2) is 0 Å². The summed E-state index contributed by atoms with van der Waals surface area (Å²) in [5, 5.41) is 9.78. The van der Waals surface area contributed by atoms with Crippen molar-refractivity contribution >= 4 is 12.8 Å². The second kappa shape index (κ2) is 5.90. The lowest BCUT2D eigenvalue weighted by Gasteiger charge is -2.42. The maximum absolute atomic E-state index is 11.6. The summed E-state index contributed by atoms with van der Waals surface area (Å²) >= 11 is 0. The van der Waals surface area contributed by atoms with Crippen LogP contribution in [0.2, 0.25) is 12.6 Å². The van der Waals surface area contributed by atoms with Gasteiger partial charge in [0.2, 0.25) is 5.91 Å². The molecular weight excluding hydrogens is 213 g/mol. The first kappa shape index (κ1) is 14.6. The summed E-state index contributed by atoms with van der Waals surface area (Å²) in [6, 6.07) is 0. The maximum atomic E-state index is 11.6. The third kappa shape index (κ3) is 3.48.